The van der Waals surface area contributed by atoms with Crippen LogP contribution < -0.4 is 9.80 Å². The maximum Gasteiger partial charge on any atom is 0.412 e. The van der Waals surface area contributed by atoms with Gasteiger partial charge in [-0.3, -0.25) is 9.80 Å². The zero-order valence-electron chi connectivity index (χ0n) is 17.7. The second-order valence-electron chi connectivity index (χ2n) is 9.37. The number of benzene rings is 1. The molecule has 0 spiro atoms. The summed E-state index contributed by atoms with van der Waals surface area (Å²) in [4.78, 5) is 17.8. The summed E-state index contributed by atoms with van der Waals surface area (Å²) < 4.78 is 5.99. The van der Waals surface area contributed by atoms with E-state index in [1.807, 2.05) is 0 Å². The molecule has 1 aromatic carbocycles. The number of nitrogens with zero attached hydrogens (tertiary/aromatic N) is 4. The van der Waals surface area contributed by atoms with Crippen molar-refractivity contribution in [2.75, 3.05) is 42.6 Å². The molecule has 158 valence electrons. The van der Waals surface area contributed by atoms with Crippen LogP contribution in [0.5, 0.6) is 0 Å². The summed E-state index contributed by atoms with van der Waals surface area (Å²) in [6, 6.07) is 5.68. The second kappa shape index (κ2) is 7.67. The number of halogens is 1. The quantitative estimate of drug-likeness (QED) is 0.783. The largest absolute Gasteiger partial charge is 0.465 e. The minimum absolute atomic E-state index is 0.154. The summed E-state index contributed by atoms with van der Waals surface area (Å²) in [5.74, 6) is 0. The molecule has 3 rings (SSSR count). The summed E-state index contributed by atoms with van der Waals surface area (Å²) >= 11 is 6.74. The Bertz CT molecular complexity index is 844. The van der Waals surface area contributed by atoms with E-state index in [1.54, 1.807) is 32.9 Å². The maximum atomic E-state index is 12.0. The van der Waals surface area contributed by atoms with E-state index >= 15 is 0 Å². The lowest BCUT2D eigenvalue weighted by Crippen LogP contribution is -2.62. The molecule has 1 unspecified atom stereocenters. The summed E-state index contributed by atoms with van der Waals surface area (Å²) in [5, 5.41) is 19.7. The molecule has 2 fully saturated rings. The first-order chi connectivity index (χ1) is 13.4. The minimum atomic E-state index is -1.10. The highest BCUT2D eigenvalue weighted by atomic mass is 35.5. The maximum absolute atomic E-state index is 12.0. The molecule has 29 heavy (non-hydrogen) atoms. The van der Waals surface area contributed by atoms with E-state index in [9.17, 15) is 15.2 Å². The number of piperazine rings is 1. The number of amides is 1. The first kappa shape index (κ1) is 21.7. The van der Waals surface area contributed by atoms with Crippen LogP contribution in [-0.4, -0.2) is 66.1 Å². The number of nitriles is 1. The van der Waals surface area contributed by atoms with Crippen LogP contribution in [0.25, 0.3) is 0 Å². The van der Waals surface area contributed by atoms with Gasteiger partial charge < -0.3 is 14.7 Å². The van der Waals surface area contributed by atoms with Gasteiger partial charge in [-0.1, -0.05) is 11.6 Å². The lowest BCUT2D eigenvalue weighted by atomic mass is 10.0. The molecule has 0 radical (unpaired) electrons. The molecule has 2 aliphatic heterocycles. The van der Waals surface area contributed by atoms with Gasteiger partial charge in [-0.2, -0.15) is 5.26 Å². The third-order valence-corrected chi connectivity index (χ3v) is 5.85. The summed E-state index contributed by atoms with van der Waals surface area (Å²) in [6.07, 6.45) is -1.10. The number of fused-ring (bicyclic) bond motifs is 1. The Labute approximate surface area is 177 Å². The molecule has 7 nitrogen and oxygen atoms in total. The first-order valence-electron chi connectivity index (χ1n) is 9.83. The van der Waals surface area contributed by atoms with Gasteiger partial charge >= 0.3 is 6.09 Å². The van der Waals surface area contributed by atoms with E-state index in [1.165, 1.54) is 4.90 Å². The zero-order valence-corrected chi connectivity index (χ0v) is 18.5. The summed E-state index contributed by atoms with van der Waals surface area (Å²) in [7, 11) is 0. The van der Waals surface area contributed by atoms with Crippen molar-refractivity contribution in [3.63, 3.8) is 0 Å². The number of carbonyl (C=O) groups is 1. The van der Waals surface area contributed by atoms with Crippen molar-refractivity contribution in [1.29, 1.82) is 5.26 Å². The molecule has 2 saturated heterocycles. The third kappa shape index (κ3) is 4.45. The van der Waals surface area contributed by atoms with Gasteiger partial charge in [-0.25, -0.2) is 4.79 Å². The number of hydrogen-bond acceptors (Lipinski definition) is 5. The molecule has 0 aromatic heterocycles. The van der Waals surface area contributed by atoms with E-state index in [0.29, 0.717) is 35.1 Å². The van der Waals surface area contributed by atoms with Crippen LogP contribution in [-0.2, 0) is 4.74 Å². The molecule has 1 amide bonds. The molecule has 0 aliphatic carbocycles. The predicted octanol–water partition coefficient (Wildman–Crippen LogP) is 3.79. The monoisotopic (exact) mass is 420 g/mol. The SMILES string of the molecule is CC1(C)CN2CCN(c3cc(C#N)cc(N(C(=O)O)C(C)(C)C)c3Cl)CC2CO1. The Kier molecular flexibility index (Phi) is 5.74. The van der Waals surface area contributed by atoms with Crippen molar-refractivity contribution in [1.82, 2.24) is 4.90 Å². The second-order valence-corrected chi connectivity index (χ2v) is 9.75. The number of hydrogen-bond donors (Lipinski definition) is 1. The van der Waals surface area contributed by atoms with Crippen molar-refractivity contribution in [3.8, 4) is 6.07 Å². The molecule has 8 heteroatoms. The van der Waals surface area contributed by atoms with Crippen LogP contribution in [0.3, 0.4) is 0 Å². The lowest BCUT2D eigenvalue weighted by Gasteiger charge is -2.49. The van der Waals surface area contributed by atoms with E-state index in [4.69, 9.17) is 16.3 Å². The first-order valence-corrected chi connectivity index (χ1v) is 10.2. The summed E-state index contributed by atoms with van der Waals surface area (Å²) in [6.45, 7) is 13.4. The molecule has 2 heterocycles. The number of ether oxygens (including phenoxy) is 1. The summed E-state index contributed by atoms with van der Waals surface area (Å²) in [5.41, 5.74) is 0.560. The van der Waals surface area contributed by atoms with Crippen molar-refractivity contribution < 1.29 is 14.6 Å². The third-order valence-electron chi connectivity index (χ3n) is 5.46. The van der Waals surface area contributed by atoms with Crippen LogP contribution >= 0.6 is 11.6 Å². The van der Waals surface area contributed by atoms with E-state index in [-0.39, 0.29) is 11.6 Å². The van der Waals surface area contributed by atoms with Crippen LogP contribution in [0.1, 0.15) is 40.2 Å². The van der Waals surface area contributed by atoms with Gasteiger partial charge in [0.1, 0.15) is 0 Å². The van der Waals surface area contributed by atoms with Gasteiger partial charge in [-0.15, -0.1) is 0 Å². The molecule has 1 atom stereocenters. The highest BCUT2D eigenvalue weighted by Gasteiger charge is 2.38. The van der Waals surface area contributed by atoms with Crippen molar-refractivity contribution in [2.45, 2.75) is 51.8 Å². The van der Waals surface area contributed by atoms with Gasteiger partial charge in [0.2, 0.25) is 0 Å². The topological polar surface area (TPSA) is 80.0 Å². The highest BCUT2D eigenvalue weighted by molar-refractivity contribution is 6.36. The Hall–Kier alpha value is -2.01. The normalized spacial score (nSPS) is 22.0. The van der Waals surface area contributed by atoms with Gasteiger partial charge in [0, 0.05) is 31.7 Å². The van der Waals surface area contributed by atoms with Crippen molar-refractivity contribution in [3.05, 3.63) is 22.7 Å². The van der Waals surface area contributed by atoms with Crippen molar-refractivity contribution in [2.24, 2.45) is 0 Å². The van der Waals surface area contributed by atoms with E-state index < -0.39 is 11.6 Å². The Morgan fingerprint density at radius 2 is 2.07 bits per heavy atom. The fourth-order valence-corrected chi connectivity index (χ4v) is 4.45. The number of rotatable bonds is 2. The number of carboxylic acid groups (broad SMARTS) is 1. The zero-order chi connectivity index (χ0) is 21.6. The predicted molar refractivity (Wildman–Crippen MR) is 114 cm³/mol. The van der Waals surface area contributed by atoms with Crippen LogP contribution in [0.15, 0.2) is 12.1 Å². The van der Waals surface area contributed by atoms with Gasteiger partial charge in [-0.05, 0) is 46.8 Å². The molecular formula is C21H29ClN4O3. The Morgan fingerprint density at radius 1 is 1.38 bits per heavy atom. The van der Waals surface area contributed by atoms with Gasteiger partial charge in [0.15, 0.2) is 0 Å². The minimum Gasteiger partial charge on any atom is -0.465 e. The molecule has 0 bridgehead atoms. The van der Waals surface area contributed by atoms with Crippen LogP contribution in [0, 0.1) is 11.3 Å². The molecule has 1 N–H and O–H groups in total. The smallest absolute Gasteiger partial charge is 0.412 e. The van der Waals surface area contributed by atoms with Crippen LogP contribution in [0.4, 0.5) is 16.2 Å². The average Bonchev–Trinajstić information content (AvgIpc) is 2.61. The lowest BCUT2D eigenvalue weighted by molar-refractivity contribution is -0.116. The number of morpholine rings is 1. The van der Waals surface area contributed by atoms with Crippen molar-refractivity contribution >= 4 is 29.1 Å². The fourth-order valence-electron chi connectivity index (χ4n) is 4.14. The van der Waals surface area contributed by atoms with Gasteiger partial charge in [0.25, 0.3) is 0 Å². The molecule has 0 saturated carbocycles. The van der Waals surface area contributed by atoms with E-state index in [0.717, 1.165) is 19.6 Å². The fraction of sp³-hybridized carbons (Fsp3) is 0.619. The standard InChI is InChI=1S/C21H29ClN4O3/c1-20(2,3)26(19(27)28)17-9-14(10-23)8-16(18(17)22)24-6-7-25-13-21(4,5)29-12-15(25)11-24/h8-9,15H,6-7,11-13H2,1-5H3,(H,27,28). The molecule has 1 aromatic rings. The van der Waals surface area contributed by atoms with Crippen LogP contribution in [0.2, 0.25) is 5.02 Å². The van der Waals surface area contributed by atoms with E-state index in [2.05, 4.69) is 29.7 Å². The highest BCUT2D eigenvalue weighted by Crippen LogP contribution is 2.40. The Balaban J connectivity index is 1.97. The molecule has 2 aliphatic rings. The Morgan fingerprint density at radius 3 is 2.66 bits per heavy atom. The molecular weight excluding hydrogens is 392 g/mol. The van der Waals surface area contributed by atoms with Gasteiger partial charge in [0.05, 0.1) is 46.3 Å². The average molecular weight is 421 g/mol. The number of anilines is 2.